The number of phenols is 1. The van der Waals surface area contributed by atoms with Gasteiger partial charge in [0.15, 0.2) is 11.6 Å². The van der Waals surface area contributed by atoms with Crippen molar-refractivity contribution in [3.8, 4) is 23.0 Å². The van der Waals surface area contributed by atoms with Gasteiger partial charge in [0, 0.05) is 29.3 Å². The molecule has 0 aliphatic carbocycles. The highest BCUT2D eigenvalue weighted by atomic mass is 35.5. The summed E-state index contributed by atoms with van der Waals surface area (Å²) in [5, 5.41) is 10.4. The maximum atomic E-state index is 14.4. The summed E-state index contributed by atoms with van der Waals surface area (Å²) in [6, 6.07) is 16.1. The molecule has 3 atom stereocenters. The number of ether oxygens (including phenoxy) is 3. The molecule has 3 aromatic rings. The lowest BCUT2D eigenvalue weighted by molar-refractivity contribution is 0.169. The van der Waals surface area contributed by atoms with Gasteiger partial charge in [-0.3, -0.25) is 4.90 Å². The van der Waals surface area contributed by atoms with Crippen molar-refractivity contribution < 1.29 is 23.7 Å². The van der Waals surface area contributed by atoms with Crippen LogP contribution in [0.15, 0.2) is 54.6 Å². The van der Waals surface area contributed by atoms with E-state index in [9.17, 15) is 9.50 Å². The number of phenolic OH excluding ortho intramolecular Hbond substituents is 1. The van der Waals surface area contributed by atoms with Crippen LogP contribution in [-0.4, -0.2) is 42.9 Å². The van der Waals surface area contributed by atoms with Crippen molar-refractivity contribution >= 4 is 22.7 Å². The second-order valence-electron chi connectivity index (χ2n) is 10.3. The number of fused-ring (bicyclic) bond motifs is 1. The lowest BCUT2D eigenvalue weighted by Crippen LogP contribution is -2.35. The van der Waals surface area contributed by atoms with Crippen LogP contribution in [0.25, 0.3) is 11.1 Å². The van der Waals surface area contributed by atoms with Crippen LogP contribution < -0.4 is 14.2 Å². The Hall–Kier alpha value is -3.22. The molecular weight excluding hydrogens is 505 g/mol. The van der Waals surface area contributed by atoms with Gasteiger partial charge in [-0.05, 0) is 86.3 Å². The predicted molar refractivity (Wildman–Crippen MR) is 149 cm³/mol. The van der Waals surface area contributed by atoms with E-state index in [0.29, 0.717) is 24.0 Å². The van der Waals surface area contributed by atoms with Gasteiger partial charge in [0.05, 0.1) is 12.1 Å². The molecule has 2 heterocycles. The standard InChI is InChI=1S/C31H33ClFNO4/c1-18-11-12-34(16-18)19(2)17-37-23-8-5-21(6-9-23)31-30(25-14-29(36-4)27(33)15-26(25)32)20(3)24-13-22(35)7-10-28(24)38-31/h5-10,13-15,18-19,31,35H,11-12,16-17H2,1-4H3/t18-,19+,31?/m1/s1. The minimum absolute atomic E-state index is 0.0930. The predicted octanol–water partition coefficient (Wildman–Crippen LogP) is 7.37. The van der Waals surface area contributed by atoms with Crippen molar-refractivity contribution in [1.29, 1.82) is 0 Å². The summed E-state index contributed by atoms with van der Waals surface area (Å²) in [7, 11) is 1.42. The van der Waals surface area contributed by atoms with Crippen molar-refractivity contribution in [2.75, 3.05) is 26.8 Å². The molecule has 5 nitrogen and oxygen atoms in total. The molecule has 0 radical (unpaired) electrons. The maximum absolute atomic E-state index is 14.4. The Morgan fingerprint density at radius 3 is 2.58 bits per heavy atom. The highest BCUT2D eigenvalue weighted by Gasteiger charge is 2.31. The molecule has 5 rings (SSSR count). The van der Waals surface area contributed by atoms with Crippen molar-refractivity contribution in [2.24, 2.45) is 5.92 Å². The van der Waals surface area contributed by atoms with E-state index >= 15 is 0 Å². The first-order chi connectivity index (χ1) is 18.2. The molecule has 1 unspecified atom stereocenters. The Kier molecular flexibility index (Phi) is 7.55. The Morgan fingerprint density at radius 1 is 1.13 bits per heavy atom. The third-order valence-corrected chi connectivity index (χ3v) is 7.88. The minimum atomic E-state index is -0.537. The Labute approximate surface area is 228 Å². The third kappa shape index (κ3) is 5.20. The Balaban J connectivity index is 1.46. The van der Waals surface area contributed by atoms with E-state index in [0.717, 1.165) is 47.0 Å². The molecule has 200 valence electrons. The zero-order chi connectivity index (χ0) is 27.0. The first-order valence-electron chi connectivity index (χ1n) is 13.0. The minimum Gasteiger partial charge on any atom is -0.508 e. The fourth-order valence-electron chi connectivity index (χ4n) is 5.34. The first kappa shape index (κ1) is 26.4. The number of halogens is 2. The van der Waals surface area contributed by atoms with E-state index in [1.54, 1.807) is 24.3 Å². The fraction of sp³-hybridized carbons (Fsp3) is 0.355. The molecule has 0 aromatic heterocycles. The zero-order valence-electron chi connectivity index (χ0n) is 22.1. The van der Waals surface area contributed by atoms with Gasteiger partial charge >= 0.3 is 0 Å². The molecule has 38 heavy (non-hydrogen) atoms. The lowest BCUT2D eigenvalue weighted by atomic mass is 9.86. The number of hydrogen-bond acceptors (Lipinski definition) is 5. The number of nitrogens with zero attached hydrogens (tertiary/aromatic N) is 1. The average Bonchev–Trinajstić information content (AvgIpc) is 3.35. The van der Waals surface area contributed by atoms with Crippen molar-refractivity contribution in [2.45, 2.75) is 39.3 Å². The van der Waals surface area contributed by atoms with Gasteiger partial charge in [-0.1, -0.05) is 30.7 Å². The highest BCUT2D eigenvalue weighted by molar-refractivity contribution is 6.32. The number of hydrogen-bond donors (Lipinski definition) is 1. The molecule has 0 spiro atoms. The molecule has 2 aliphatic heterocycles. The first-order valence-corrected chi connectivity index (χ1v) is 13.3. The van der Waals surface area contributed by atoms with Crippen LogP contribution in [0.3, 0.4) is 0 Å². The maximum Gasteiger partial charge on any atom is 0.166 e. The normalized spacial score (nSPS) is 20.2. The van der Waals surface area contributed by atoms with E-state index in [-0.39, 0.29) is 16.5 Å². The second kappa shape index (κ2) is 10.9. The van der Waals surface area contributed by atoms with Gasteiger partial charge in [-0.25, -0.2) is 4.39 Å². The highest BCUT2D eigenvalue weighted by Crippen LogP contribution is 2.49. The fourth-order valence-corrected chi connectivity index (χ4v) is 5.59. The van der Waals surface area contributed by atoms with Gasteiger partial charge < -0.3 is 19.3 Å². The molecular formula is C31H33ClFNO4. The summed E-state index contributed by atoms with van der Waals surface area (Å²) in [5.41, 5.74) is 3.90. The molecule has 3 aromatic carbocycles. The zero-order valence-corrected chi connectivity index (χ0v) is 22.9. The van der Waals surface area contributed by atoms with E-state index in [4.69, 9.17) is 25.8 Å². The van der Waals surface area contributed by atoms with E-state index in [2.05, 4.69) is 18.7 Å². The van der Waals surface area contributed by atoms with E-state index in [1.807, 2.05) is 31.2 Å². The molecule has 7 heteroatoms. The summed E-state index contributed by atoms with van der Waals surface area (Å²) in [6.07, 6.45) is 0.723. The van der Waals surface area contributed by atoms with Gasteiger partial charge in [-0.15, -0.1) is 0 Å². The summed E-state index contributed by atoms with van der Waals surface area (Å²) < 4.78 is 32.2. The Morgan fingerprint density at radius 2 is 1.89 bits per heavy atom. The molecule has 1 fully saturated rings. The van der Waals surface area contributed by atoms with Crippen LogP contribution in [0.1, 0.15) is 50.0 Å². The molecule has 1 N–H and O–H groups in total. The number of benzene rings is 3. The number of allylic oxidation sites excluding steroid dienone is 1. The largest absolute Gasteiger partial charge is 0.508 e. The molecule has 0 saturated carbocycles. The lowest BCUT2D eigenvalue weighted by Gasteiger charge is -2.31. The Bertz CT molecular complexity index is 1360. The number of rotatable bonds is 7. The van der Waals surface area contributed by atoms with Gasteiger partial charge in [0.2, 0.25) is 0 Å². The molecule has 0 bridgehead atoms. The summed E-state index contributed by atoms with van der Waals surface area (Å²) in [4.78, 5) is 2.48. The van der Waals surface area contributed by atoms with E-state index in [1.165, 1.54) is 19.6 Å². The molecule has 1 saturated heterocycles. The number of methoxy groups -OCH3 is 1. The SMILES string of the molecule is COc1cc(C2=C(C)c3cc(O)ccc3OC2c2ccc(OC[C@H](C)N3CC[C@@H](C)C3)cc2)c(Cl)cc1F. The van der Waals surface area contributed by atoms with Crippen molar-refractivity contribution in [1.82, 2.24) is 4.90 Å². The molecule has 0 amide bonds. The molecule has 2 aliphatic rings. The van der Waals surface area contributed by atoms with E-state index < -0.39 is 11.9 Å². The number of likely N-dealkylation sites (tertiary alicyclic amines) is 1. The topological polar surface area (TPSA) is 51.2 Å². The monoisotopic (exact) mass is 537 g/mol. The summed E-state index contributed by atoms with van der Waals surface area (Å²) in [5.74, 6) is 1.86. The van der Waals surface area contributed by atoms with Gasteiger partial charge in [0.1, 0.15) is 30.0 Å². The van der Waals surface area contributed by atoms with Crippen LogP contribution in [0.5, 0.6) is 23.0 Å². The van der Waals surface area contributed by atoms with Crippen LogP contribution in [-0.2, 0) is 0 Å². The van der Waals surface area contributed by atoms with Crippen molar-refractivity contribution in [3.63, 3.8) is 0 Å². The average molecular weight is 538 g/mol. The second-order valence-corrected chi connectivity index (χ2v) is 10.7. The smallest absolute Gasteiger partial charge is 0.166 e. The van der Waals surface area contributed by atoms with Crippen molar-refractivity contribution in [3.05, 3.63) is 82.1 Å². The van der Waals surface area contributed by atoms with Gasteiger partial charge in [-0.2, -0.15) is 0 Å². The van der Waals surface area contributed by atoms with Crippen LogP contribution >= 0.6 is 11.6 Å². The van der Waals surface area contributed by atoms with Gasteiger partial charge in [0.25, 0.3) is 0 Å². The summed E-state index contributed by atoms with van der Waals surface area (Å²) in [6.45, 7) is 9.31. The van der Waals surface area contributed by atoms with Crippen LogP contribution in [0.2, 0.25) is 5.02 Å². The quantitative estimate of drug-likeness (QED) is 0.341. The summed E-state index contributed by atoms with van der Waals surface area (Å²) >= 11 is 6.57. The van der Waals surface area contributed by atoms with Crippen LogP contribution in [0, 0.1) is 11.7 Å². The number of aromatic hydroxyl groups is 1. The third-order valence-electron chi connectivity index (χ3n) is 7.56. The van der Waals surface area contributed by atoms with Crippen LogP contribution in [0.4, 0.5) is 4.39 Å².